The number of nitrogens with zero attached hydrogens (tertiary/aromatic N) is 2. The Morgan fingerprint density at radius 2 is 2.10 bits per heavy atom. The number of hydrogen-bond acceptors (Lipinski definition) is 7. The van der Waals surface area contributed by atoms with Crippen LogP contribution in [-0.2, 0) is 19.1 Å². The molecule has 1 N–H and O–H groups in total. The van der Waals surface area contributed by atoms with E-state index in [1.165, 1.54) is 4.90 Å². The smallest absolute Gasteiger partial charge is 0.415 e. The number of fused-ring (bicyclic) bond motifs is 3. The SMILES string of the molecule is O=C(O)CCC(=O)OC[C@@H]1OC(=O)N2c3ccc(-c4cccnc4)cc3OC[C@@H]12. The molecular weight excluding hydrogens is 380 g/mol. The van der Waals surface area contributed by atoms with Crippen molar-refractivity contribution in [1.82, 2.24) is 4.98 Å². The van der Waals surface area contributed by atoms with Gasteiger partial charge in [-0.25, -0.2) is 4.79 Å². The molecule has 1 aromatic heterocycles. The van der Waals surface area contributed by atoms with Crippen LogP contribution in [0.4, 0.5) is 10.5 Å². The standard InChI is InChI=1S/C20H18N2O7/c23-18(24)5-6-19(25)28-11-17-15-10-27-16-8-12(13-2-1-7-21-9-13)3-4-14(16)22(15)20(26)29-17/h1-4,7-9,15,17H,5-6,10-11H2,(H,23,24)/t15-,17-/m0/s1. The number of carboxylic acid groups (broad SMARTS) is 1. The number of carbonyl (C=O) groups is 3. The molecule has 0 aliphatic carbocycles. The van der Waals surface area contributed by atoms with Gasteiger partial charge in [0.2, 0.25) is 0 Å². The lowest BCUT2D eigenvalue weighted by Crippen LogP contribution is -2.45. The molecule has 0 spiro atoms. The predicted octanol–water partition coefficient (Wildman–Crippen LogP) is 2.24. The van der Waals surface area contributed by atoms with E-state index < -0.39 is 30.2 Å². The number of aliphatic carboxylic acids is 1. The van der Waals surface area contributed by atoms with Crippen LogP contribution in [0.2, 0.25) is 0 Å². The number of pyridine rings is 1. The van der Waals surface area contributed by atoms with E-state index in [-0.39, 0.29) is 26.1 Å². The lowest BCUT2D eigenvalue weighted by molar-refractivity contribution is -0.149. The zero-order valence-corrected chi connectivity index (χ0v) is 15.3. The average molecular weight is 398 g/mol. The van der Waals surface area contributed by atoms with E-state index in [1.54, 1.807) is 18.5 Å². The van der Waals surface area contributed by atoms with Crippen molar-refractivity contribution < 1.29 is 33.7 Å². The second-order valence-electron chi connectivity index (χ2n) is 6.67. The van der Waals surface area contributed by atoms with E-state index in [4.69, 9.17) is 19.3 Å². The highest BCUT2D eigenvalue weighted by atomic mass is 16.6. The number of benzene rings is 1. The lowest BCUT2D eigenvalue weighted by atomic mass is 10.0. The summed E-state index contributed by atoms with van der Waals surface area (Å²) >= 11 is 0. The summed E-state index contributed by atoms with van der Waals surface area (Å²) in [6.07, 6.45) is 1.65. The first-order valence-electron chi connectivity index (χ1n) is 9.07. The number of cyclic esters (lactones) is 1. The van der Waals surface area contributed by atoms with E-state index >= 15 is 0 Å². The first-order valence-corrected chi connectivity index (χ1v) is 9.07. The van der Waals surface area contributed by atoms with Crippen molar-refractivity contribution in [3.05, 3.63) is 42.7 Å². The minimum absolute atomic E-state index is 0.155. The van der Waals surface area contributed by atoms with Crippen LogP contribution in [0.25, 0.3) is 11.1 Å². The van der Waals surface area contributed by atoms with E-state index in [0.717, 1.165) is 11.1 Å². The van der Waals surface area contributed by atoms with E-state index in [9.17, 15) is 14.4 Å². The van der Waals surface area contributed by atoms with E-state index in [2.05, 4.69) is 4.98 Å². The van der Waals surface area contributed by atoms with Crippen LogP contribution in [0, 0.1) is 0 Å². The first kappa shape index (κ1) is 18.7. The van der Waals surface area contributed by atoms with Gasteiger partial charge in [0.1, 0.15) is 25.0 Å². The normalized spacial score (nSPS) is 19.6. The third-order valence-electron chi connectivity index (χ3n) is 4.79. The van der Waals surface area contributed by atoms with Crippen molar-refractivity contribution >= 4 is 23.7 Å². The van der Waals surface area contributed by atoms with Gasteiger partial charge in [-0.1, -0.05) is 12.1 Å². The van der Waals surface area contributed by atoms with Crippen molar-refractivity contribution in [2.45, 2.75) is 25.0 Å². The minimum atomic E-state index is -1.08. The topological polar surface area (TPSA) is 115 Å². The Labute approximate surface area is 165 Å². The summed E-state index contributed by atoms with van der Waals surface area (Å²) in [5, 5.41) is 8.61. The highest BCUT2D eigenvalue weighted by molar-refractivity contribution is 5.94. The van der Waals surface area contributed by atoms with Gasteiger partial charge >= 0.3 is 18.0 Å². The number of carbonyl (C=O) groups excluding carboxylic acids is 2. The molecule has 2 aliphatic heterocycles. The maximum Gasteiger partial charge on any atom is 0.415 e. The van der Waals surface area contributed by atoms with Crippen LogP contribution >= 0.6 is 0 Å². The van der Waals surface area contributed by atoms with Crippen molar-refractivity contribution in [2.75, 3.05) is 18.1 Å². The van der Waals surface area contributed by atoms with Crippen molar-refractivity contribution in [3.8, 4) is 16.9 Å². The fourth-order valence-electron chi connectivity index (χ4n) is 3.34. The fourth-order valence-corrected chi connectivity index (χ4v) is 3.34. The Hall–Kier alpha value is -3.62. The van der Waals surface area contributed by atoms with Crippen LogP contribution in [-0.4, -0.2) is 53.5 Å². The van der Waals surface area contributed by atoms with E-state index in [0.29, 0.717) is 11.4 Å². The molecule has 0 unspecified atom stereocenters. The molecule has 0 saturated carbocycles. The highest BCUT2D eigenvalue weighted by Gasteiger charge is 2.47. The predicted molar refractivity (Wildman–Crippen MR) is 99.5 cm³/mol. The van der Waals surface area contributed by atoms with Gasteiger partial charge in [0.05, 0.1) is 18.5 Å². The molecule has 1 aromatic carbocycles. The highest BCUT2D eigenvalue weighted by Crippen LogP contribution is 2.41. The number of amides is 1. The molecule has 0 bridgehead atoms. The Morgan fingerprint density at radius 1 is 1.24 bits per heavy atom. The molecule has 4 rings (SSSR count). The van der Waals surface area contributed by atoms with Gasteiger partial charge in [0.25, 0.3) is 0 Å². The van der Waals surface area contributed by atoms with Gasteiger partial charge in [0, 0.05) is 18.0 Å². The third kappa shape index (κ3) is 3.84. The second-order valence-corrected chi connectivity index (χ2v) is 6.67. The van der Waals surface area contributed by atoms with Crippen LogP contribution in [0.5, 0.6) is 5.75 Å². The molecule has 2 atom stereocenters. The molecule has 9 heteroatoms. The number of carboxylic acids is 1. The van der Waals surface area contributed by atoms with Gasteiger partial charge in [-0.05, 0) is 23.8 Å². The van der Waals surface area contributed by atoms with E-state index in [1.807, 2.05) is 24.3 Å². The quantitative estimate of drug-likeness (QED) is 0.737. The number of anilines is 1. The molecule has 2 aliphatic rings. The summed E-state index contributed by atoms with van der Waals surface area (Å²) < 4.78 is 16.3. The van der Waals surface area contributed by atoms with Crippen LogP contribution in [0.1, 0.15) is 12.8 Å². The molecule has 2 aromatic rings. The largest absolute Gasteiger partial charge is 0.489 e. The second kappa shape index (κ2) is 7.78. The number of rotatable bonds is 6. The first-order chi connectivity index (χ1) is 14.0. The summed E-state index contributed by atoms with van der Waals surface area (Å²) in [4.78, 5) is 40.2. The minimum Gasteiger partial charge on any atom is -0.489 e. The van der Waals surface area contributed by atoms with Gasteiger partial charge in [-0.2, -0.15) is 0 Å². The summed E-state index contributed by atoms with van der Waals surface area (Å²) in [5.74, 6) is -1.18. The van der Waals surface area contributed by atoms with Crippen molar-refractivity contribution in [1.29, 1.82) is 0 Å². The zero-order valence-electron chi connectivity index (χ0n) is 15.3. The van der Waals surface area contributed by atoms with Gasteiger partial charge in [-0.3, -0.25) is 19.5 Å². The molecule has 29 heavy (non-hydrogen) atoms. The number of aromatic nitrogens is 1. The third-order valence-corrected chi connectivity index (χ3v) is 4.79. The van der Waals surface area contributed by atoms with Gasteiger partial charge in [0.15, 0.2) is 6.10 Å². The lowest BCUT2D eigenvalue weighted by Gasteiger charge is -2.31. The number of ether oxygens (including phenoxy) is 3. The summed E-state index contributed by atoms with van der Waals surface area (Å²) in [6.45, 7) is 0.0321. The number of esters is 1. The fraction of sp³-hybridized carbons (Fsp3) is 0.300. The monoisotopic (exact) mass is 398 g/mol. The maximum atomic E-state index is 12.4. The molecular formula is C20H18N2O7. The van der Waals surface area contributed by atoms with Crippen LogP contribution in [0.3, 0.4) is 0 Å². The summed E-state index contributed by atoms with van der Waals surface area (Å²) in [6, 6.07) is 8.83. The summed E-state index contributed by atoms with van der Waals surface area (Å²) in [7, 11) is 0. The molecule has 1 fully saturated rings. The molecule has 3 heterocycles. The maximum absolute atomic E-state index is 12.4. The van der Waals surface area contributed by atoms with Gasteiger partial charge < -0.3 is 19.3 Å². The summed E-state index contributed by atoms with van der Waals surface area (Å²) in [5.41, 5.74) is 2.42. The molecule has 9 nitrogen and oxygen atoms in total. The Balaban J connectivity index is 1.46. The molecule has 1 saturated heterocycles. The van der Waals surface area contributed by atoms with Crippen molar-refractivity contribution in [3.63, 3.8) is 0 Å². The Kier molecular flexibility index (Phi) is 5.03. The van der Waals surface area contributed by atoms with Gasteiger partial charge in [-0.15, -0.1) is 0 Å². The van der Waals surface area contributed by atoms with Crippen LogP contribution in [0.15, 0.2) is 42.7 Å². The van der Waals surface area contributed by atoms with Crippen LogP contribution < -0.4 is 9.64 Å². The molecule has 1 amide bonds. The Bertz CT molecular complexity index is 947. The number of hydrogen-bond donors (Lipinski definition) is 1. The molecule has 150 valence electrons. The molecule has 0 radical (unpaired) electrons. The zero-order chi connectivity index (χ0) is 20.4. The average Bonchev–Trinajstić information content (AvgIpc) is 3.07. The van der Waals surface area contributed by atoms with Crippen molar-refractivity contribution in [2.24, 2.45) is 0 Å². The Morgan fingerprint density at radius 3 is 2.86 bits per heavy atom.